The number of halogens is 1. The molecule has 21 heavy (non-hydrogen) atoms. The number of nitrogen functional groups attached to an aromatic ring is 1. The summed E-state index contributed by atoms with van der Waals surface area (Å²) in [5.41, 5.74) is 6.38. The average molecular weight is 290 g/mol. The monoisotopic (exact) mass is 290 g/mol. The minimum Gasteiger partial charge on any atom is -0.484 e. The highest BCUT2D eigenvalue weighted by Crippen LogP contribution is 2.19. The number of nitrogens with two attached hydrogens (primary N) is 1. The lowest BCUT2D eigenvalue weighted by atomic mass is 10.2. The minimum atomic E-state index is -0.538. The van der Waals surface area contributed by atoms with Gasteiger partial charge in [0.25, 0.3) is 0 Å². The van der Waals surface area contributed by atoms with Crippen LogP contribution >= 0.6 is 0 Å². The van der Waals surface area contributed by atoms with Gasteiger partial charge in [0.05, 0.1) is 5.69 Å². The first kappa shape index (κ1) is 15.0. The molecule has 112 valence electrons. The van der Waals surface area contributed by atoms with E-state index in [1.807, 2.05) is 16.9 Å². The SMILES string of the molecule is CCC(C)n1ccc(COc2ccc(C(=N)N)cc2F)n1. The average Bonchev–Trinajstić information content (AvgIpc) is 2.93. The molecule has 2 rings (SSSR count). The summed E-state index contributed by atoms with van der Waals surface area (Å²) in [7, 11) is 0. The zero-order valence-corrected chi connectivity index (χ0v) is 12.1. The van der Waals surface area contributed by atoms with Crippen LogP contribution in [0.1, 0.15) is 37.6 Å². The highest BCUT2D eigenvalue weighted by molar-refractivity contribution is 5.95. The van der Waals surface area contributed by atoms with Crippen molar-refractivity contribution in [2.75, 3.05) is 0 Å². The van der Waals surface area contributed by atoms with Crippen molar-refractivity contribution >= 4 is 5.84 Å². The predicted octanol–water partition coefficient (Wildman–Crippen LogP) is 2.86. The van der Waals surface area contributed by atoms with E-state index in [0.29, 0.717) is 11.6 Å². The molecule has 0 bridgehead atoms. The summed E-state index contributed by atoms with van der Waals surface area (Å²) < 4.78 is 21.1. The largest absolute Gasteiger partial charge is 0.484 e. The summed E-state index contributed by atoms with van der Waals surface area (Å²) in [5.74, 6) is -0.588. The number of amidine groups is 1. The lowest BCUT2D eigenvalue weighted by molar-refractivity contribution is 0.283. The van der Waals surface area contributed by atoms with Crippen LogP contribution in [0.15, 0.2) is 30.5 Å². The van der Waals surface area contributed by atoms with Gasteiger partial charge in [-0.15, -0.1) is 0 Å². The second-order valence-electron chi connectivity index (χ2n) is 4.89. The van der Waals surface area contributed by atoms with Gasteiger partial charge in [-0.25, -0.2) is 4.39 Å². The van der Waals surface area contributed by atoms with E-state index >= 15 is 0 Å². The molecule has 1 aromatic carbocycles. The number of rotatable bonds is 6. The Labute approximate surface area is 123 Å². The van der Waals surface area contributed by atoms with Gasteiger partial charge >= 0.3 is 0 Å². The van der Waals surface area contributed by atoms with Crippen molar-refractivity contribution in [3.05, 3.63) is 47.5 Å². The molecule has 1 aromatic heterocycles. The Morgan fingerprint density at radius 1 is 1.48 bits per heavy atom. The Balaban J connectivity index is 2.03. The van der Waals surface area contributed by atoms with Crippen LogP contribution in [-0.2, 0) is 6.61 Å². The van der Waals surface area contributed by atoms with Crippen molar-refractivity contribution in [2.24, 2.45) is 5.73 Å². The molecule has 0 aliphatic rings. The van der Waals surface area contributed by atoms with Gasteiger partial charge in [0.2, 0.25) is 0 Å². The summed E-state index contributed by atoms with van der Waals surface area (Å²) >= 11 is 0. The van der Waals surface area contributed by atoms with E-state index in [0.717, 1.165) is 12.1 Å². The van der Waals surface area contributed by atoms with Crippen molar-refractivity contribution in [3.8, 4) is 5.75 Å². The van der Waals surface area contributed by atoms with Gasteiger partial charge in [0, 0.05) is 17.8 Å². The highest BCUT2D eigenvalue weighted by Gasteiger charge is 2.09. The molecule has 1 atom stereocenters. The summed E-state index contributed by atoms with van der Waals surface area (Å²) in [5, 5.41) is 11.6. The molecular formula is C15H19FN4O. The van der Waals surface area contributed by atoms with E-state index in [9.17, 15) is 4.39 Å². The number of ether oxygens (including phenoxy) is 1. The first-order chi connectivity index (χ1) is 10.0. The Kier molecular flexibility index (Phi) is 4.57. The standard InChI is InChI=1S/C15H19FN4O/c1-3-10(2)20-7-6-12(19-20)9-21-14-5-4-11(15(17)18)8-13(14)16/h4-8,10H,3,9H2,1-2H3,(H3,17,18). The molecule has 1 heterocycles. The molecule has 0 aliphatic heterocycles. The van der Waals surface area contributed by atoms with Crippen LogP contribution in [0.3, 0.4) is 0 Å². The van der Waals surface area contributed by atoms with Gasteiger partial charge in [0.1, 0.15) is 12.4 Å². The van der Waals surface area contributed by atoms with Crippen molar-refractivity contribution in [1.82, 2.24) is 9.78 Å². The second-order valence-corrected chi connectivity index (χ2v) is 4.89. The van der Waals surface area contributed by atoms with E-state index in [1.165, 1.54) is 12.1 Å². The first-order valence-electron chi connectivity index (χ1n) is 6.82. The smallest absolute Gasteiger partial charge is 0.165 e. The molecule has 0 radical (unpaired) electrons. The first-order valence-corrected chi connectivity index (χ1v) is 6.82. The van der Waals surface area contributed by atoms with Crippen molar-refractivity contribution in [3.63, 3.8) is 0 Å². The Bertz CT molecular complexity index is 638. The molecule has 5 nitrogen and oxygen atoms in total. The van der Waals surface area contributed by atoms with Gasteiger partial charge in [0.15, 0.2) is 11.6 Å². The predicted molar refractivity (Wildman–Crippen MR) is 79.0 cm³/mol. The molecule has 6 heteroatoms. The van der Waals surface area contributed by atoms with E-state index in [-0.39, 0.29) is 18.2 Å². The van der Waals surface area contributed by atoms with E-state index in [4.69, 9.17) is 15.9 Å². The number of nitrogens with one attached hydrogen (secondary N) is 1. The van der Waals surface area contributed by atoms with E-state index < -0.39 is 5.82 Å². The normalized spacial score (nSPS) is 12.1. The lowest BCUT2D eigenvalue weighted by Crippen LogP contribution is -2.11. The van der Waals surface area contributed by atoms with Crippen LogP contribution in [0.25, 0.3) is 0 Å². The molecule has 1 unspecified atom stereocenters. The second kappa shape index (κ2) is 6.39. The van der Waals surface area contributed by atoms with Crippen LogP contribution in [0.5, 0.6) is 5.75 Å². The third-order valence-electron chi connectivity index (χ3n) is 3.32. The molecule has 0 aliphatic carbocycles. The van der Waals surface area contributed by atoms with Crippen LogP contribution in [0, 0.1) is 11.2 Å². The zero-order valence-electron chi connectivity index (χ0n) is 12.1. The number of aromatic nitrogens is 2. The fraction of sp³-hybridized carbons (Fsp3) is 0.333. The van der Waals surface area contributed by atoms with Crippen LogP contribution in [0.2, 0.25) is 0 Å². The van der Waals surface area contributed by atoms with Gasteiger partial charge in [-0.2, -0.15) is 5.10 Å². The number of hydrogen-bond acceptors (Lipinski definition) is 3. The van der Waals surface area contributed by atoms with E-state index in [2.05, 4.69) is 18.9 Å². The van der Waals surface area contributed by atoms with Crippen LogP contribution in [-0.4, -0.2) is 15.6 Å². The van der Waals surface area contributed by atoms with Crippen LogP contribution < -0.4 is 10.5 Å². The molecule has 0 spiro atoms. The fourth-order valence-corrected chi connectivity index (χ4v) is 1.82. The minimum absolute atomic E-state index is 0.123. The Morgan fingerprint density at radius 2 is 2.24 bits per heavy atom. The summed E-state index contributed by atoms with van der Waals surface area (Å²) in [6.45, 7) is 4.37. The molecular weight excluding hydrogens is 271 g/mol. The number of benzene rings is 1. The third kappa shape index (κ3) is 3.59. The van der Waals surface area contributed by atoms with Gasteiger partial charge < -0.3 is 10.5 Å². The van der Waals surface area contributed by atoms with Crippen molar-refractivity contribution in [1.29, 1.82) is 5.41 Å². The maximum Gasteiger partial charge on any atom is 0.165 e. The fourth-order valence-electron chi connectivity index (χ4n) is 1.82. The molecule has 3 N–H and O–H groups in total. The number of nitrogens with zero attached hydrogens (tertiary/aromatic N) is 2. The molecule has 0 saturated carbocycles. The Hall–Kier alpha value is -2.37. The van der Waals surface area contributed by atoms with Gasteiger partial charge in [-0.3, -0.25) is 10.1 Å². The Morgan fingerprint density at radius 3 is 2.86 bits per heavy atom. The highest BCUT2D eigenvalue weighted by atomic mass is 19.1. The maximum absolute atomic E-state index is 13.8. The molecule has 0 fully saturated rings. The molecule has 0 amide bonds. The quantitative estimate of drug-likeness (QED) is 0.634. The van der Waals surface area contributed by atoms with Gasteiger partial charge in [-0.05, 0) is 37.6 Å². The lowest BCUT2D eigenvalue weighted by Gasteiger charge is -2.09. The summed E-state index contributed by atoms with van der Waals surface area (Å²) in [4.78, 5) is 0. The summed E-state index contributed by atoms with van der Waals surface area (Å²) in [6, 6.07) is 6.39. The molecule has 0 saturated heterocycles. The van der Waals surface area contributed by atoms with Crippen LogP contribution in [0.4, 0.5) is 4.39 Å². The third-order valence-corrected chi connectivity index (χ3v) is 3.32. The topological polar surface area (TPSA) is 76.9 Å². The zero-order chi connectivity index (χ0) is 15.4. The van der Waals surface area contributed by atoms with Crippen molar-refractivity contribution in [2.45, 2.75) is 32.9 Å². The molecule has 2 aromatic rings. The summed E-state index contributed by atoms with van der Waals surface area (Å²) in [6.07, 6.45) is 2.88. The maximum atomic E-state index is 13.8. The van der Waals surface area contributed by atoms with Crippen molar-refractivity contribution < 1.29 is 9.13 Å². The van der Waals surface area contributed by atoms with Gasteiger partial charge in [-0.1, -0.05) is 6.92 Å². The number of hydrogen-bond donors (Lipinski definition) is 2. The van der Waals surface area contributed by atoms with E-state index in [1.54, 1.807) is 6.07 Å².